The number of rotatable bonds is 4. The molecule has 0 atom stereocenters. The second-order valence-corrected chi connectivity index (χ2v) is 6.57. The number of aromatic carboxylic acids is 1. The molecule has 0 fully saturated rings. The van der Waals surface area contributed by atoms with Gasteiger partial charge in [-0.25, -0.2) is 17.6 Å². The molecule has 0 heterocycles. The number of sulfonamides is 1. The average molecular weight is 374 g/mol. The van der Waals surface area contributed by atoms with Gasteiger partial charge >= 0.3 is 5.97 Å². The van der Waals surface area contributed by atoms with Gasteiger partial charge in [-0.2, -0.15) is 0 Å². The normalized spacial score (nSPS) is 11.1. The van der Waals surface area contributed by atoms with Crippen LogP contribution in [0.5, 0.6) is 0 Å². The predicted octanol–water partition coefficient (Wildman–Crippen LogP) is 3.09. The van der Waals surface area contributed by atoms with Crippen LogP contribution in [0.4, 0.5) is 10.1 Å². The molecule has 0 amide bonds. The summed E-state index contributed by atoms with van der Waals surface area (Å²) in [6.07, 6.45) is 0. The zero-order valence-corrected chi connectivity index (χ0v) is 12.8. The molecule has 0 spiro atoms. The quantitative estimate of drug-likeness (QED) is 0.862. The molecule has 5 nitrogen and oxygen atoms in total. The maximum absolute atomic E-state index is 13.0. The van der Waals surface area contributed by atoms with Gasteiger partial charge in [0.25, 0.3) is 10.0 Å². The van der Waals surface area contributed by atoms with Crippen molar-refractivity contribution in [2.75, 3.05) is 4.72 Å². The van der Waals surface area contributed by atoms with Crippen molar-refractivity contribution in [2.24, 2.45) is 0 Å². The Bertz CT molecular complexity index is 808. The molecule has 8 heteroatoms. The van der Waals surface area contributed by atoms with Crippen LogP contribution in [0.1, 0.15) is 10.4 Å². The number of anilines is 1. The van der Waals surface area contributed by atoms with E-state index in [2.05, 4.69) is 20.7 Å². The van der Waals surface area contributed by atoms with E-state index in [-0.39, 0.29) is 20.6 Å². The second-order valence-electron chi connectivity index (χ2n) is 4.07. The summed E-state index contributed by atoms with van der Waals surface area (Å²) in [5, 5.41) is 8.87. The van der Waals surface area contributed by atoms with Gasteiger partial charge in [-0.15, -0.1) is 0 Å². The van der Waals surface area contributed by atoms with Crippen LogP contribution >= 0.6 is 15.9 Å². The van der Waals surface area contributed by atoms with Gasteiger partial charge in [-0.1, -0.05) is 6.07 Å². The number of hydrogen-bond donors (Lipinski definition) is 2. The topological polar surface area (TPSA) is 83.5 Å². The van der Waals surface area contributed by atoms with Crippen LogP contribution in [0.2, 0.25) is 0 Å². The van der Waals surface area contributed by atoms with Crippen molar-refractivity contribution >= 4 is 37.6 Å². The molecule has 110 valence electrons. The highest BCUT2D eigenvalue weighted by Gasteiger charge is 2.18. The number of nitrogens with one attached hydrogen (secondary N) is 1. The van der Waals surface area contributed by atoms with Crippen molar-refractivity contribution < 1.29 is 22.7 Å². The molecule has 2 aromatic rings. The lowest BCUT2D eigenvalue weighted by Crippen LogP contribution is -2.14. The molecule has 0 aromatic heterocycles. The molecule has 2 rings (SSSR count). The Hall–Kier alpha value is -1.93. The van der Waals surface area contributed by atoms with E-state index in [1.165, 1.54) is 24.3 Å². The molecular weight excluding hydrogens is 365 g/mol. The zero-order chi connectivity index (χ0) is 15.6. The highest BCUT2D eigenvalue weighted by molar-refractivity contribution is 9.10. The molecule has 0 radical (unpaired) electrons. The first-order chi connectivity index (χ1) is 9.79. The fourth-order valence-corrected chi connectivity index (χ4v) is 3.72. The summed E-state index contributed by atoms with van der Waals surface area (Å²) in [7, 11) is -3.96. The lowest BCUT2D eigenvalue weighted by molar-refractivity contribution is 0.0697. The van der Waals surface area contributed by atoms with Crippen molar-refractivity contribution in [3.05, 3.63) is 58.3 Å². The Labute approximate surface area is 128 Å². The van der Waals surface area contributed by atoms with Crippen LogP contribution in [0.3, 0.4) is 0 Å². The van der Waals surface area contributed by atoms with E-state index in [9.17, 15) is 17.6 Å². The Kier molecular flexibility index (Phi) is 4.29. The van der Waals surface area contributed by atoms with E-state index >= 15 is 0 Å². The maximum atomic E-state index is 13.0. The van der Waals surface area contributed by atoms with Gasteiger partial charge in [0.15, 0.2) is 0 Å². The Morgan fingerprint density at radius 1 is 1.19 bits per heavy atom. The lowest BCUT2D eigenvalue weighted by Gasteiger charge is -2.10. The fraction of sp³-hybridized carbons (Fsp3) is 0. The molecule has 0 bridgehead atoms. The van der Waals surface area contributed by atoms with Gasteiger partial charge in [0.05, 0.1) is 5.56 Å². The average Bonchev–Trinajstić information content (AvgIpc) is 2.37. The number of carboxylic acids is 1. The first-order valence-electron chi connectivity index (χ1n) is 5.61. The van der Waals surface area contributed by atoms with Crippen LogP contribution in [-0.2, 0) is 10.0 Å². The SMILES string of the molecule is O=C(O)c1cccc(NS(=O)(=O)c2ccc(F)cc2Br)c1. The molecule has 21 heavy (non-hydrogen) atoms. The summed E-state index contributed by atoms with van der Waals surface area (Å²) in [5.74, 6) is -1.74. The van der Waals surface area contributed by atoms with Gasteiger partial charge in [0, 0.05) is 10.2 Å². The summed E-state index contributed by atoms with van der Waals surface area (Å²) in [4.78, 5) is 10.7. The molecule has 0 aliphatic rings. The Morgan fingerprint density at radius 2 is 1.90 bits per heavy atom. The minimum Gasteiger partial charge on any atom is -0.478 e. The largest absolute Gasteiger partial charge is 0.478 e. The van der Waals surface area contributed by atoms with Crippen LogP contribution in [0.25, 0.3) is 0 Å². The Morgan fingerprint density at radius 3 is 2.52 bits per heavy atom. The number of carboxylic acid groups (broad SMARTS) is 1. The van der Waals surface area contributed by atoms with Gasteiger partial charge in [0.1, 0.15) is 10.7 Å². The van der Waals surface area contributed by atoms with Gasteiger partial charge in [-0.05, 0) is 52.3 Å². The highest BCUT2D eigenvalue weighted by atomic mass is 79.9. The highest BCUT2D eigenvalue weighted by Crippen LogP contribution is 2.25. The summed E-state index contributed by atoms with van der Waals surface area (Å²) in [5.41, 5.74) is 0.0551. The summed E-state index contributed by atoms with van der Waals surface area (Å²) < 4.78 is 39.7. The monoisotopic (exact) mass is 373 g/mol. The van der Waals surface area contributed by atoms with E-state index in [0.29, 0.717) is 0 Å². The second kappa shape index (κ2) is 5.82. The van der Waals surface area contributed by atoms with E-state index < -0.39 is 21.8 Å². The van der Waals surface area contributed by atoms with Gasteiger partial charge < -0.3 is 5.11 Å². The first-order valence-corrected chi connectivity index (χ1v) is 7.88. The number of benzene rings is 2. The summed E-state index contributed by atoms with van der Waals surface area (Å²) in [6, 6.07) is 8.53. The minimum absolute atomic E-state index is 0.0478. The molecule has 0 saturated heterocycles. The van der Waals surface area contributed by atoms with Crippen molar-refractivity contribution in [3.8, 4) is 0 Å². The third-order valence-electron chi connectivity index (χ3n) is 2.55. The van der Waals surface area contributed by atoms with Crippen LogP contribution in [0.15, 0.2) is 51.8 Å². The molecule has 0 aliphatic carbocycles. The smallest absolute Gasteiger partial charge is 0.335 e. The fourth-order valence-electron chi connectivity index (χ4n) is 1.62. The summed E-state index contributed by atoms with van der Waals surface area (Å²) in [6.45, 7) is 0. The predicted molar refractivity (Wildman–Crippen MR) is 78.3 cm³/mol. The first kappa shape index (κ1) is 15.5. The molecule has 2 aromatic carbocycles. The molecular formula is C13H9BrFNO4S. The molecule has 2 N–H and O–H groups in total. The Balaban J connectivity index is 2.37. The van der Waals surface area contributed by atoms with E-state index in [1.54, 1.807) is 0 Å². The number of halogens is 2. The van der Waals surface area contributed by atoms with Crippen molar-refractivity contribution in [3.63, 3.8) is 0 Å². The number of hydrogen-bond acceptors (Lipinski definition) is 3. The zero-order valence-electron chi connectivity index (χ0n) is 10.4. The van der Waals surface area contributed by atoms with Crippen LogP contribution in [0, 0.1) is 5.82 Å². The van der Waals surface area contributed by atoms with Crippen molar-refractivity contribution in [1.29, 1.82) is 0 Å². The summed E-state index contributed by atoms with van der Waals surface area (Å²) >= 11 is 2.98. The van der Waals surface area contributed by atoms with Crippen LogP contribution in [-0.4, -0.2) is 19.5 Å². The van der Waals surface area contributed by atoms with E-state index in [0.717, 1.165) is 18.2 Å². The maximum Gasteiger partial charge on any atom is 0.335 e. The third-order valence-corrected chi connectivity index (χ3v) is 4.90. The molecule has 0 unspecified atom stereocenters. The lowest BCUT2D eigenvalue weighted by atomic mass is 10.2. The standard InChI is InChI=1S/C13H9BrFNO4S/c14-11-7-9(15)4-5-12(11)21(19,20)16-10-3-1-2-8(6-10)13(17)18/h1-7,16H,(H,17,18). The van der Waals surface area contributed by atoms with Crippen LogP contribution < -0.4 is 4.72 Å². The van der Waals surface area contributed by atoms with E-state index in [4.69, 9.17) is 5.11 Å². The van der Waals surface area contributed by atoms with Crippen molar-refractivity contribution in [1.82, 2.24) is 0 Å². The minimum atomic E-state index is -3.96. The molecule has 0 saturated carbocycles. The third kappa shape index (κ3) is 3.59. The van der Waals surface area contributed by atoms with Crippen molar-refractivity contribution in [2.45, 2.75) is 4.90 Å². The van der Waals surface area contributed by atoms with Gasteiger partial charge in [-0.3, -0.25) is 4.72 Å². The molecule has 0 aliphatic heterocycles. The van der Waals surface area contributed by atoms with E-state index in [1.807, 2.05) is 0 Å². The number of carbonyl (C=O) groups is 1. The van der Waals surface area contributed by atoms with Gasteiger partial charge in [0.2, 0.25) is 0 Å².